The van der Waals surface area contributed by atoms with E-state index in [1.54, 1.807) is 0 Å². The fourth-order valence-electron chi connectivity index (χ4n) is 1.88. The zero-order valence-electron chi connectivity index (χ0n) is 10.5. The number of hydrogen-bond acceptors (Lipinski definition) is 5. The third-order valence-electron chi connectivity index (χ3n) is 2.88. The van der Waals surface area contributed by atoms with E-state index in [0.717, 1.165) is 21.3 Å². The van der Waals surface area contributed by atoms with Crippen LogP contribution < -0.4 is 5.73 Å². The van der Waals surface area contributed by atoms with Crippen molar-refractivity contribution in [3.8, 4) is 6.07 Å². The van der Waals surface area contributed by atoms with E-state index < -0.39 is 0 Å². The van der Waals surface area contributed by atoms with Gasteiger partial charge in [-0.05, 0) is 47.7 Å². The highest BCUT2D eigenvalue weighted by Gasteiger charge is 2.08. The topological polar surface area (TPSA) is 80.0 Å². The van der Waals surface area contributed by atoms with Gasteiger partial charge < -0.3 is 5.73 Å². The van der Waals surface area contributed by atoms with Crippen LogP contribution >= 0.6 is 11.8 Å². The first-order valence-corrected chi connectivity index (χ1v) is 6.82. The van der Waals surface area contributed by atoms with Crippen molar-refractivity contribution in [2.75, 3.05) is 5.73 Å². The second-order valence-electron chi connectivity index (χ2n) is 4.21. The van der Waals surface area contributed by atoms with Crippen molar-refractivity contribution in [1.82, 2.24) is 14.6 Å². The molecule has 0 unspecified atom stereocenters. The molecule has 0 saturated carbocycles. The Morgan fingerprint density at radius 1 is 1.25 bits per heavy atom. The van der Waals surface area contributed by atoms with Gasteiger partial charge in [0, 0.05) is 16.8 Å². The van der Waals surface area contributed by atoms with Gasteiger partial charge in [-0.2, -0.15) is 5.26 Å². The van der Waals surface area contributed by atoms with Crippen LogP contribution in [0.3, 0.4) is 0 Å². The van der Waals surface area contributed by atoms with E-state index in [1.807, 2.05) is 47.0 Å². The van der Waals surface area contributed by atoms with Crippen LogP contribution in [0.2, 0.25) is 0 Å². The first-order chi connectivity index (χ1) is 9.78. The summed E-state index contributed by atoms with van der Waals surface area (Å²) >= 11 is 1.50. The number of anilines is 1. The fraction of sp³-hybridized carbons (Fsp3) is 0.0714. The molecule has 1 aromatic carbocycles. The summed E-state index contributed by atoms with van der Waals surface area (Å²) in [6.07, 6.45) is 2.23. The zero-order valence-corrected chi connectivity index (χ0v) is 11.3. The maximum Gasteiger partial charge on any atom is 0.200 e. The Hall–Kier alpha value is -2.52. The molecule has 3 rings (SSSR count). The van der Waals surface area contributed by atoms with Gasteiger partial charge in [-0.1, -0.05) is 6.07 Å². The number of benzene rings is 1. The average Bonchev–Trinajstić information content (AvgIpc) is 2.86. The Kier molecular flexibility index (Phi) is 3.27. The Balaban J connectivity index is 1.95. The second kappa shape index (κ2) is 5.23. The number of fused-ring (bicyclic) bond motifs is 1. The van der Waals surface area contributed by atoms with Gasteiger partial charge in [0.2, 0.25) is 0 Å². The summed E-state index contributed by atoms with van der Waals surface area (Å²) in [5.74, 6) is 0. The lowest BCUT2D eigenvalue weighted by molar-refractivity contribution is 0.921. The van der Waals surface area contributed by atoms with Crippen LogP contribution in [0, 0.1) is 11.3 Å². The molecule has 0 bridgehead atoms. The number of nitrogen functional groups attached to an aromatic ring is 1. The van der Waals surface area contributed by atoms with E-state index in [1.165, 1.54) is 11.8 Å². The molecule has 3 aromatic rings. The molecule has 0 radical (unpaired) electrons. The van der Waals surface area contributed by atoms with Gasteiger partial charge >= 0.3 is 0 Å². The molecule has 0 spiro atoms. The monoisotopic (exact) mass is 281 g/mol. The highest BCUT2D eigenvalue weighted by Crippen LogP contribution is 2.29. The maximum absolute atomic E-state index is 8.79. The van der Waals surface area contributed by atoms with Crippen molar-refractivity contribution in [1.29, 1.82) is 5.26 Å². The SMILES string of the molecule is N#CCc1cc(Sc2nnc3ccccn23)ccc1N. The normalized spacial score (nSPS) is 10.6. The van der Waals surface area contributed by atoms with Gasteiger partial charge in [0.15, 0.2) is 10.8 Å². The molecule has 0 aliphatic rings. The molecule has 0 atom stereocenters. The number of hydrogen-bond donors (Lipinski definition) is 1. The van der Waals surface area contributed by atoms with Crippen LogP contribution in [-0.4, -0.2) is 14.6 Å². The molecule has 2 aromatic heterocycles. The van der Waals surface area contributed by atoms with Gasteiger partial charge in [-0.3, -0.25) is 4.40 Å². The van der Waals surface area contributed by atoms with Crippen molar-refractivity contribution in [3.63, 3.8) is 0 Å². The van der Waals surface area contributed by atoms with Crippen LogP contribution in [0.4, 0.5) is 5.69 Å². The molecule has 5 nitrogen and oxygen atoms in total. The van der Waals surface area contributed by atoms with E-state index in [0.29, 0.717) is 12.1 Å². The Bertz CT molecular complexity index is 803. The number of nitrogens with zero attached hydrogens (tertiary/aromatic N) is 4. The summed E-state index contributed by atoms with van der Waals surface area (Å²) < 4.78 is 1.92. The molecule has 0 saturated heterocycles. The highest BCUT2D eigenvalue weighted by molar-refractivity contribution is 7.99. The molecular formula is C14H11N5S. The Morgan fingerprint density at radius 3 is 3.00 bits per heavy atom. The predicted molar refractivity (Wildman–Crippen MR) is 77.3 cm³/mol. The van der Waals surface area contributed by atoms with Crippen molar-refractivity contribution in [2.45, 2.75) is 16.5 Å². The number of rotatable bonds is 3. The smallest absolute Gasteiger partial charge is 0.200 e. The maximum atomic E-state index is 8.79. The van der Waals surface area contributed by atoms with E-state index in [2.05, 4.69) is 16.3 Å². The summed E-state index contributed by atoms with van der Waals surface area (Å²) in [6.45, 7) is 0. The highest BCUT2D eigenvalue weighted by atomic mass is 32.2. The van der Waals surface area contributed by atoms with Crippen molar-refractivity contribution in [2.24, 2.45) is 0 Å². The predicted octanol–water partition coefficient (Wildman–Crippen LogP) is 2.53. The first-order valence-electron chi connectivity index (χ1n) is 6.01. The minimum atomic E-state index is 0.306. The van der Waals surface area contributed by atoms with Crippen LogP contribution in [0.5, 0.6) is 0 Å². The van der Waals surface area contributed by atoms with Crippen LogP contribution in [0.25, 0.3) is 5.65 Å². The lowest BCUT2D eigenvalue weighted by Gasteiger charge is -2.05. The zero-order chi connectivity index (χ0) is 13.9. The molecule has 20 heavy (non-hydrogen) atoms. The van der Waals surface area contributed by atoms with E-state index in [9.17, 15) is 0 Å². The van der Waals surface area contributed by atoms with E-state index in [-0.39, 0.29) is 0 Å². The number of nitrogens with two attached hydrogens (primary N) is 1. The minimum Gasteiger partial charge on any atom is -0.398 e. The van der Waals surface area contributed by atoms with Crippen LogP contribution in [0.15, 0.2) is 52.6 Å². The fourth-order valence-corrected chi connectivity index (χ4v) is 2.76. The van der Waals surface area contributed by atoms with Crippen molar-refractivity contribution >= 4 is 23.1 Å². The largest absolute Gasteiger partial charge is 0.398 e. The number of aromatic nitrogens is 3. The molecule has 98 valence electrons. The summed E-state index contributed by atoms with van der Waals surface area (Å²) in [4.78, 5) is 0.989. The van der Waals surface area contributed by atoms with Gasteiger partial charge in [0.05, 0.1) is 12.5 Å². The summed E-state index contributed by atoms with van der Waals surface area (Å²) in [7, 11) is 0. The van der Waals surface area contributed by atoms with Crippen molar-refractivity contribution < 1.29 is 0 Å². The van der Waals surface area contributed by atoms with Gasteiger partial charge in [0.1, 0.15) is 0 Å². The summed E-state index contributed by atoms with van der Waals surface area (Å²) in [5.41, 5.74) is 8.13. The third kappa shape index (κ3) is 2.31. The van der Waals surface area contributed by atoms with Crippen LogP contribution in [-0.2, 0) is 6.42 Å². The Morgan fingerprint density at radius 2 is 2.15 bits per heavy atom. The van der Waals surface area contributed by atoms with E-state index >= 15 is 0 Å². The minimum absolute atomic E-state index is 0.306. The van der Waals surface area contributed by atoms with E-state index in [4.69, 9.17) is 11.0 Å². The molecule has 2 N–H and O–H groups in total. The van der Waals surface area contributed by atoms with Crippen molar-refractivity contribution in [3.05, 3.63) is 48.2 Å². The molecule has 2 heterocycles. The first kappa shape index (κ1) is 12.5. The Labute approximate surface area is 120 Å². The molecule has 0 aliphatic heterocycles. The standard InChI is InChI=1S/C14H11N5S/c15-7-6-10-9-11(4-5-12(10)16)20-14-18-17-13-3-1-2-8-19(13)14/h1-5,8-9H,6,16H2. The summed E-state index contributed by atoms with van der Waals surface area (Å²) in [6, 6.07) is 13.5. The second-order valence-corrected chi connectivity index (χ2v) is 5.25. The molecule has 0 fully saturated rings. The van der Waals surface area contributed by atoms with Gasteiger partial charge in [-0.25, -0.2) is 0 Å². The molecular weight excluding hydrogens is 270 g/mol. The number of nitriles is 1. The summed E-state index contributed by atoms with van der Waals surface area (Å²) in [5, 5.41) is 17.9. The number of pyridine rings is 1. The van der Waals surface area contributed by atoms with Gasteiger partial charge in [0.25, 0.3) is 0 Å². The lowest BCUT2D eigenvalue weighted by atomic mass is 10.1. The lowest BCUT2D eigenvalue weighted by Crippen LogP contribution is -1.94. The molecule has 0 aliphatic carbocycles. The molecule has 6 heteroatoms. The average molecular weight is 281 g/mol. The molecule has 0 amide bonds. The van der Waals surface area contributed by atoms with Gasteiger partial charge in [-0.15, -0.1) is 10.2 Å². The third-order valence-corrected chi connectivity index (χ3v) is 3.83. The quantitative estimate of drug-likeness (QED) is 0.746. The van der Waals surface area contributed by atoms with Crippen LogP contribution in [0.1, 0.15) is 5.56 Å².